The summed E-state index contributed by atoms with van der Waals surface area (Å²) in [4.78, 5) is 11.0. The number of nitrogens with two attached hydrogens (primary N) is 1. The van der Waals surface area contributed by atoms with Gasteiger partial charge in [0.05, 0.1) is 6.04 Å². The fourth-order valence-corrected chi connectivity index (χ4v) is 2.06. The summed E-state index contributed by atoms with van der Waals surface area (Å²) >= 11 is 0. The average molecular weight is 270 g/mol. The first-order valence-corrected chi connectivity index (χ1v) is 6.55. The van der Waals surface area contributed by atoms with Gasteiger partial charge in [0.15, 0.2) is 0 Å². The molecule has 0 spiro atoms. The second-order valence-electron chi connectivity index (χ2n) is 4.64. The van der Waals surface area contributed by atoms with Crippen molar-refractivity contribution in [2.24, 2.45) is 5.73 Å². The van der Waals surface area contributed by atoms with Crippen LogP contribution in [0.2, 0.25) is 0 Å². The Hall–Kier alpha value is -2.49. The number of carbonyl (C=O) groups excluding carboxylic acids is 1. The summed E-state index contributed by atoms with van der Waals surface area (Å²) in [6.07, 6.45) is 0.905. The fraction of sp³-hybridized carbons (Fsp3) is 0.188. The van der Waals surface area contributed by atoms with E-state index in [-0.39, 0.29) is 11.8 Å². The summed E-state index contributed by atoms with van der Waals surface area (Å²) < 4.78 is 0. The van der Waals surface area contributed by atoms with Gasteiger partial charge in [0.1, 0.15) is 5.75 Å². The van der Waals surface area contributed by atoms with Crippen molar-refractivity contribution in [3.8, 4) is 5.75 Å². The van der Waals surface area contributed by atoms with Gasteiger partial charge in [0.25, 0.3) is 0 Å². The molecule has 104 valence electrons. The normalized spacial score (nSPS) is 11.8. The molecule has 0 bridgehead atoms. The Morgan fingerprint density at radius 2 is 1.75 bits per heavy atom. The van der Waals surface area contributed by atoms with Crippen LogP contribution >= 0.6 is 0 Å². The standard InChI is InChI=1S/C16H18N2O2/c1-2-15(11-5-9-14(19)10-6-11)18-13-7-3-12(4-8-13)16(17)20/h3-10,15,18-19H,2H2,1H3,(H2,17,20). The molecule has 1 atom stereocenters. The molecule has 0 aromatic heterocycles. The second-order valence-corrected chi connectivity index (χ2v) is 4.64. The molecule has 20 heavy (non-hydrogen) atoms. The minimum absolute atomic E-state index is 0.148. The van der Waals surface area contributed by atoms with Gasteiger partial charge >= 0.3 is 0 Å². The monoisotopic (exact) mass is 270 g/mol. The maximum absolute atomic E-state index is 11.0. The highest BCUT2D eigenvalue weighted by Crippen LogP contribution is 2.24. The number of aromatic hydroxyl groups is 1. The van der Waals surface area contributed by atoms with Crippen molar-refractivity contribution < 1.29 is 9.90 Å². The summed E-state index contributed by atoms with van der Waals surface area (Å²) in [5, 5.41) is 12.7. The third-order valence-electron chi connectivity index (χ3n) is 3.21. The predicted octanol–water partition coefficient (Wildman–Crippen LogP) is 3.05. The molecule has 2 rings (SSSR count). The van der Waals surface area contributed by atoms with Crippen LogP contribution in [0.5, 0.6) is 5.75 Å². The number of phenols is 1. The molecular formula is C16H18N2O2. The van der Waals surface area contributed by atoms with Crippen LogP contribution in [0, 0.1) is 0 Å². The van der Waals surface area contributed by atoms with Crippen molar-refractivity contribution in [3.63, 3.8) is 0 Å². The first-order chi connectivity index (χ1) is 9.60. The lowest BCUT2D eigenvalue weighted by molar-refractivity contribution is 0.100. The van der Waals surface area contributed by atoms with Gasteiger partial charge in [0, 0.05) is 11.3 Å². The van der Waals surface area contributed by atoms with Crippen molar-refractivity contribution in [2.45, 2.75) is 19.4 Å². The third kappa shape index (κ3) is 3.29. The molecule has 0 aliphatic rings. The number of hydrogen-bond acceptors (Lipinski definition) is 3. The molecular weight excluding hydrogens is 252 g/mol. The minimum Gasteiger partial charge on any atom is -0.508 e. The van der Waals surface area contributed by atoms with Gasteiger partial charge < -0.3 is 16.2 Å². The summed E-state index contributed by atoms with van der Waals surface area (Å²) in [5.41, 5.74) is 7.73. The van der Waals surface area contributed by atoms with Crippen LogP contribution in [0.4, 0.5) is 5.69 Å². The van der Waals surface area contributed by atoms with Crippen molar-refractivity contribution in [1.29, 1.82) is 0 Å². The van der Waals surface area contributed by atoms with Crippen LogP contribution in [0.25, 0.3) is 0 Å². The van der Waals surface area contributed by atoms with Crippen molar-refractivity contribution >= 4 is 11.6 Å². The molecule has 1 amide bonds. The largest absolute Gasteiger partial charge is 0.508 e. The molecule has 4 heteroatoms. The number of phenolic OH excluding ortho intramolecular Hbond substituents is 1. The van der Waals surface area contributed by atoms with Crippen molar-refractivity contribution in [3.05, 3.63) is 59.7 Å². The van der Waals surface area contributed by atoms with Crippen LogP contribution in [-0.4, -0.2) is 11.0 Å². The van der Waals surface area contributed by atoms with E-state index in [1.807, 2.05) is 24.3 Å². The van der Waals surface area contributed by atoms with E-state index in [1.54, 1.807) is 24.3 Å². The number of anilines is 1. The van der Waals surface area contributed by atoms with E-state index in [9.17, 15) is 9.90 Å². The van der Waals surface area contributed by atoms with Crippen LogP contribution < -0.4 is 11.1 Å². The zero-order valence-corrected chi connectivity index (χ0v) is 11.3. The average Bonchev–Trinajstić information content (AvgIpc) is 2.46. The van der Waals surface area contributed by atoms with E-state index >= 15 is 0 Å². The Labute approximate surface area is 118 Å². The maximum atomic E-state index is 11.0. The molecule has 2 aromatic rings. The van der Waals surface area contributed by atoms with Crippen LogP contribution in [-0.2, 0) is 0 Å². The second kappa shape index (κ2) is 6.10. The number of benzene rings is 2. The molecule has 0 heterocycles. The van der Waals surface area contributed by atoms with E-state index in [0.29, 0.717) is 5.56 Å². The molecule has 0 aliphatic carbocycles. The quantitative estimate of drug-likeness (QED) is 0.781. The van der Waals surface area contributed by atoms with Gasteiger partial charge in [-0.1, -0.05) is 19.1 Å². The highest BCUT2D eigenvalue weighted by molar-refractivity contribution is 5.93. The lowest BCUT2D eigenvalue weighted by Crippen LogP contribution is -2.12. The fourth-order valence-electron chi connectivity index (χ4n) is 2.06. The van der Waals surface area contributed by atoms with Gasteiger partial charge in [-0.3, -0.25) is 4.79 Å². The Kier molecular flexibility index (Phi) is 4.25. The van der Waals surface area contributed by atoms with E-state index < -0.39 is 5.91 Å². The number of amides is 1. The van der Waals surface area contributed by atoms with E-state index in [1.165, 1.54) is 0 Å². The van der Waals surface area contributed by atoms with Crippen LogP contribution in [0.1, 0.15) is 35.3 Å². The number of nitrogens with one attached hydrogen (secondary N) is 1. The summed E-state index contributed by atoms with van der Waals surface area (Å²) in [7, 11) is 0. The predicted molar refractivity (Wildman–Crippen MR) is 79.7 cm³/mol. The molecule has 1 unspecified atom stereocenters. The highest BCUT2D eigenvalue weighted by Gasteiger charge is 2.09. The minimum atomic E-state index is -0.429. The first-order valence-electron chi connectivity index (χ1n) is 6.55. The lowest BCUT2D eigenvalue weighted by Gasteiger charge is -2.19. The van der Waals surface area contributed by atoms with Gasteiger partial charge in [-0.05, 0) is 48.4 Å². The van der Waals surface area contributed by atoms with E-state index in [0.717, 1.165) is 17.7 Å². The molecule has 0 fully saturated rings. The van der Waals surface area contributed by atoms with Gasteiger partial charge in [-0.25, -0.2) is 0 Å². The molecule has 0 saturated carbocycles. The smallest absolute Gasteiger partial charge is 0.248 e. The third-order valence-corrected chi connectivity index (χ3v) is 3.21. The number of hydrogen-bond donors (Lipinski definition) is 3. The zero-order chi connectivity index (χ0) is 14.5. The zero-order valence-electron chi connectivity index (χ0n) is 11.3. The lowest BCUT2D eigenvalue weighted by atomic mass is 10.0. The van der Waals surface area contributed by atoms with Crippen molar-refractivity contribution in [2.75, 3.05) is 5.32 Å². The SMILES string of the molecule is CCC(Nc1ccc(C(N)=O)cc1)c1ccc(O)cc1. The highest BCUT2D eigenvalue weighted by atomic mass is 16.3. The Morgan fingerprint density at radius 3 is 2.25 bits per heavy atom. The summed E-state index contributed by atoms with van der Waals surface area (Å²) in [5.74, 6) is -0.170. The topological polar surface area (TPSA) is 75.3 Å². The molecule has 4 nitrogen and oxygen atoms in total. The van der Waals surface area contributed by atoms with Crippen LogP contribution in [0.3, 0.4) is 0 Å². The molecule has 0 radical (unpaired) electrons. The first kappa shape index (κ1) is 13.9. The van der Waals surface area contributed by atoms with E-state index in [4.69, 9.17) is 5.73 Å². The summed E-state index contributed by atoms with van der Waals surface area (Å²) in [6.45, 7) is 2.09. The Bertz CT molecular complexity index is 576. The number of rotatable bonds is 5. The summed E-state index contributed by atoms with van der Waals surface area (Å²) in [6, 6.07) is 14.4. The van der Waals surface area contributed by atoms with Crippen molar-refractivity contribution in [1.82, 2.24) is 0 Å². The molecule has 0 saturated heterocycles. The van der Waals surface area contributed by atoms with E-state index in [2.05, 4.69) is 12.2 Å². The molecule has 4 N–H and O–H groups in total. The molecule has 2 aromatic carbocycles. The number of carbonyl (C=O) groups is 1. The maximum Gasteiger partial charge on any atom is 0.248 e. The number of primary amides is 1. The Morgan fingerprint density at radius 1 is 1.15 bits per heavy atom. The van der Waals surface area contributed by atoms with Crippen LogP contribution in [0.15, 0.2) is 48.5 Å². The Balaban J connectivity index is 2.13. The van der Waals surface area contributed by atoms with Gasteiger partial charge in [0.2, 0.25) is 5.91 Å². The van der Waals surface area contributed by atoms with Gasteiger partial charge in [-0.2, -0.15) is 0 Å². The molecule has 0 aliphatic heterocycles. The van der Waals surface area contributed by atoms with Gasteiger partial charge in [-0.15, -0.1) is 0 Å².